The number of guanidine groups is 1. The highest BCUT2D eigenvalue weighted by atomic mass is 16.5. The molecule has 0 unspecified atom stereocenters. The number of hydrogen-bond acceptors (Lipinski definition) is 4. The lowest BCUT2D eigenvalue weighted by atomic mass is 10.1. The lowest BCUT2D eigenvalue weighted by Crippen LogP contribution is -2.43. The van der Waals surface area contributed by atoms with E-state index in [0.717, 1.165) is 17.9 Å². The van der Waals surface area contributed by atoms with E-state index in [4.69, 9.17) is 9.15 Å². The second-order valence-electron chi connectivity index (χ2n) is 5.31. The van der Waals surface area contributed by atoms with Gasteiger partial charge in [-0.1, -0.05) is 12.1 Å². The first-order chi connectivity index (χ1) is 12.2. The standard InChI is InChI=1S/C18H24N4O3/c1-19-18(20-10-9-14-5-7-15(24-2)8-6-14)22-13-17(23)21-12-16-4-3-11-25-16/h3-8,11H,9-10,12-13H2,1-2H3,(H,21,23)(H2,19,20,22). The van der Waals surface area contributed by atoms with Crippen LogP contribution in [0.15, 0.2) is 52.1 Å². The lowest BCUT2D eigenvalue weighted by Gasteiger charge is -2.12. The Labute approximate surface area is 147 Å². The zero-order chi connectivity index (χ0) is 17.9. The number of carbonyl (C=O) groups is 1. The molecular formula is C18H24N4O3. The number of rotatable bonds is 8. The molecule has 134 valence electrons. The minimum Gasteiger partial charge on any atom is -0.497 e. The summed E-state index contributed by atoms with van der Waals surface area (Å²) in [4.78, 5) is 15.9. The van der Waals surface area contributed by atoms with Gasteiger partial charge in [0, 0.05) is 13.6 Å². The van der Waals surface area contributed by atoms with Gasteiger partial charge in [0.15, 0.2) is 5.96 Å². The van der Waals surface area contributed by atoms with Crippen LogP contribution in [0.2, 0.25) is 0 Å². The first-order valence-electron chi connectivity index (χ1n) is 8.08. The Kier molecular flexibility index (Phi) is 7.37. The minimum absolute atomic E-state index is 0.130. The number of hydrogen-bond donors (Lipinski definition) is 3. The molecule has 1 heterocycles. The molecule has 3 N–H and O–H groups in total. The molecule has 0 atom stereocenters. The van der Waals surface area contributed by atoms with E-state index in [1.807, 2.05) is 30.3 Å². The molecule has 0 saturated carbocycles. The van der Waals surface area contributed by atoms with Crippen molar-refractivity contribution in [2.75, 3.05) is 27.2 Å². The molecule has 1 aromatic carbocycles. The Bertz CT molecular complexity index is 666. The van der Waals surface area contributed by atoms with Crippen LogP contribution in [0.3, 0.4) is 0 Å². The molecule has 1 aromatic heterocycles. The summed E-state index contributed by atoms with van der Waals surface area (Å²) in [5.74, 6) is 2.02. The van der Waals surface area contributed by atoms with Gasteiger partial charge < -0.3 is 25.1 Å². The van der Waals surface area contributed by atoms with Crippen molar-refractivity contribution in [2.24, 2.45) is 4.99 Å². The highest BCUT2D eigenvalue weighted by Gasteiger charge is 2.04. The van der Waals surface area contributed by atoms with Crippen LogP contribution in [0.1, 0.15) is 11.3 Å². The topological polar surface area (TPSA) is 87.9 Å². The molecule has 0 fully saturated rings. The van der Waals surface area contributed by atoms with Crippen molar-refractivity contribution < 1.29 is 13.9 Å². The number of nitrogens with zero attached hydrogens (tertiary/aromatic N) is 1. The molecule has 0 bridgehead atoms. The van der Waals surface area contributed by atoms with Gasteiger partial charge in [0.1, 0.15) is 11.5 Å². The summed E-state index contributed by atoms with van der Waals surface area (Å²) < 4.78 is 10.3. The van der Waals surface area contributed by atoms with Crippen LogP contribution in [-0.4, -0.2) is 39.1 Å². The van der Waals surface area contributed by atoms with Gasteiger partial charge in [-0.2, -0.15) is 0 Å². The molecule has 2 aromatic rings. The smallest absolute Gasteiger partial charge is 0.239 e. The van der Waals surface area contributed by atoms with E-state index in [1.54, 1.807) is 26.5 Å². The van der Waals surface area contributed by atoms with Crippen LogP contribution < -0.4 is 20.7 Å². The Morgan fingerprint density at radius 2 is 1.96 bits per heavy atom. The van der Waals surface area contributed by atoms with Gasteiger partial charge in [-0.15, -0.1) is 0 Å². The van der Waals surface area contributed by atoms with Crippen molar-refractivity contribution in [1.29, 1.82) is 0 Å². The number of aliphatic imine (C=N–C) groups is 1. The van der Waals surface area contributed by atoms with Gasteiger partial charge >= 0.3 is 0 Å². The molecule has 0 saturated heterocycles. The molecule has 0 aliphatic rings. The van der Waals surface area contributed by atoms with Crippen LogP contribution in [0.4, 0.5) is 0 Å². The van der Waals surface area contributed by atoms with E-state index >= 15 is 0 Å². The molecule has 0 spiro atoms. The number of benzene rings is 1. The zero-order valence-corrected chi connectivity index (χ0v) is 14.5. The van der Waals surface area contributed by atoms with Gasteiger partial charge in [-0.05, 0) is 36.2 Å². The second kappa shape index (κ2) is 10.0. The average molecular weight is 344 g/mol. The monoisotopic (exact) mass is 344 g/mol. The van der Waals surface area contributed by atoms with Gasteiger partial charge in [0.25, 0.3) is 0 Å². The first kappa shape index (κ1) is 18.4. The molecule has 25 heavy (non-hydrogen) atoms. The summed E-state index contributed by atoms with van der Waals surface area (Å²) in [5, 5.41) is 8.93. The average Bonchev–Trinajstić information content (AvgIpc) is 3.17. The van der Waals surface area contributed by atoms with E-state index in [1.165, 1.54) is 5.56 Å². The van der Waals surface area contributed by atoms with Crippen molar-refractivity contribution in [3.05, 3.63) is 54.0 Å². The minimum atomic E-state index is -0.130. The number of methoxy groups -OCH3 is 1. The van der Waals surface area contributed by atoms with Crippen LogP contribution in [0, 0.1) is 0 Å². The van der Waals surface area contributed by atoms with Crippen molar-refractivity contribution in [3.8, 4) is 5.75 Å². The predicted molar refractivity (Wildman–Crippen MR) is 96.6 cm³/mol. The molecular weight excluding hydrogens is 320 g/mol. The summed E-state index contributed by atoms with van der Waals surface area (Å²) in [6.07, 6.45) is 2.42. The van der Waals surface area contributed by atoms with Crippen LogP contribution >= 0.6 is 0 Å². The van der Waals surface area contributed by atoms with Crippen molar-refractivity contribution in [2.45, 2.75) is 13.0 Å². The largest absolute Gasteiger partial charge is 0.497 e. The van der Waals surface area contributed by atoms with Crippen molar-refractivity contribution >= 4 is 11.9 Å². The van der Waals surface area contributed by atoms with Gasteiger partial charge in [0.05, 0.1) is 26.5 Å². The van der Waals surface area contributed by atoms with E-state index in [-0.39, 0.29) is 12.5 Å². The predicted octanol–water partition coefficient (Wildman–Crippen LogP) is 1.31. The van der Waals surface area contributed by atoms with Crippen LogP contribution in [0.25, 0.3) is 0 Å². The van der Waals surface area contributed by atoms with Crippen LogP contribution in [0.5, 0.6) is 5.75 Å². The number of nitrogens with one attached hydrogen (secondary N) is 3. The normalized spacial score (nSPS) is 11.0. The van der Waals surface area contributed by atoms with Gasteiger partial charge in [-0.3, -0.25) is 9.79 Å². The second-order valence-corrected chi connectivity index (χ2v) is 5.31. The first-order valence-corrected chi connectivity index (χ1v) is 8.08. The van der Waals surface area contributed by atoms with Gasteiger partial charge in [-0.25, -0.2) is 0 Å². The van der Waals surface area contributed by atoms with Gasteiger partial charge in [0.2, 0.25) is 5.91 Å². The lowest BCUT2D eigenvalue weighted by molar-refractivity contribution is -0.120. The highest BCUT2D eigenvalue weighted by molar-refractivity contribution is 5.86. The summed E-state index contributed by atoms with van der Waals surface area (Å²) in [7, 11) is 3.32. The van der Waals surface area contributed by atoms with Crippen LogP contribution in [-0.2, 0) is 17.8 Å². The fourth-order valence-corrected chi connectivity index (χ4v) is 2.16. The number of furan rings is 1. The highest BCUT2D eigenvalue weighted by Crippen LogP contribution is 2.11. The summed E-state index contributed by atoms with van der Waals surface area (Å²) in [6.45, 7) is 1.22. The number of ether oxygens (including phenoxy) is 1. The zero-order valence-electron chi connectivity index (χ0n) is 14.5. The summed E-state index contributed by atoms with van der Waals surface area (Å²) in [6, 6.07) is 11.5. The van der Waals surface area contributed by atoms with E-state index in [2.05, 4.69) is 20.9 Å². The Morgan fingerprint density at radius 1 is 1.16 bits per heavy atom. The molecule has 7 nitrogen and oxygen atoms in total. The maximum Gasteiger partial charge on any atom is 0.239 e. The van der Waals surface area contributed by atoms with E-state index < -0.39 is 0 Å². The van der Waals surface area contributed by atoms with Crippen molar-refractivity contribution in [3.63, 3.8) is 0 Å². The fourth-order valence-electron chi connectivity index (χ4n) is 2.16. The third-order valence-corrected chi connectivity index (χ3v) is 3.55. The number of carbonyl (C=O) groups excluding carboxylic acids is 1. The third-order valence-electron chi connectivity index (χ3n) is 3.55. The molecule has 7 heteroatoms. The number of amides is 1. The van der Waals surface area contributed by atoms with Crippen molar-refractivity contribution in [1.82, 2.24) is 16.0 Å². The molecule has 2 rings (SSSR count). The molecule has 0 aliphatic carbocycles. The molecule has 0 aliphatic heterocycles. The SMILES string of the molecule is CN=C(NCCc1ccc(OC)cc1)NCC(=O)NCc1ccco1. The third kappa shape index (κ3) is 6.58. The Hall–Kier alpha value is -2.96. The fraction of sp³-hybridized carbons (Fsp3) is 0.333. The van der Waals surface area contributed by atoms with E-state index in [9.17, 15) is 4.79 Å². The molecule has 1 amide bonds. The Balaban J connectivity index is 1.65. The quantitative estimate of drug-likeness (QED) is 0.496. The Morgan fingerprint density at radius 3 is 2.60 bits per heavy atom. The summed E-state index contributed by atoms with van der Waals surface area (Å²) >= 11 is 0. The molecule has 0 radical (unpaired) electrons. The summed E-state index contributed by atoms with van der Waals surface area (Å²) in [5.41, 5.74) is 1.19. The maximum absolute atomic E-state index is 11.8. The van der Waals surface area contributed by atoms with E-state index in [0.29, 0.717) is 19.0 Å². The maximum atomic E-state index is 11.8.